The van der Waals surface area contributed by atoms with Crippen molar-refractivity contribution < 1.29 is 0 Å². The molecule has 0 saturated heterocycles. The van der Waals surface area contributed by atoms with E-state index in [1.54, 1.807) is 0 Å². The molecule has 0 aliphatic carbocycles. The van der Waals surface area contributed by atoms with Gasteiger partial charge in [-0.3, -0.25) is 0 Å². The van der Waals surface area contributed by atoms with Crippen LogP contribution in [0.5, 0.6) is 0 Å². The Morgan fingerprint density at radius 3 is 1.45 bits per heavy atom. The molecule has 0 N–H and O–H groups in total. The predicted octanol–water partition coefficient (Wildman–Crippen LogP) is 14.4. The largest absolute Gasteiger partial charge is 0.309 e. The first-order valence-electron chi connectivity index (χ1n) is 18.0. The molecule has 11 aromatic rings. The van der Waals surface area contributed by atoms with E-state index in [9.17, 15) is 0 Å². The van der Waals surface area contributed by atoms with Gasteiger partial charge in [-0.15, -0.1) is 0 Å². The van der Waals surface area contributed by atoms with Gasteiger partial charge in [-0.1, -0.05) is 140 Å². The Hall–Kier alpha value is -7.21. The first kappa shape index (κ1) is 29.5. The average molecular weight is 671 g/mol. The van der Waals surface area contributed by atoms with Crippen molar-refractivity contribution in [1.82, 2.24) is 4.57 Å². The quantitative estimate of drug-likeness (QED) is 0.131. The van der Waals surface area contributed by atoms with Crippen LogP contribution in [0.15, 0.2) is 182 Å². The Labute approximate surface area is 306 Å². The predicted molar refractivity (Wildman–Crippen MR) is 225 cm³/mol. The molecule has 0 unspecified atom stereocenters. The molecule has 2 heteroatoms. The second-order valence-corrected chi connectivity index (χ2v) is 13.9. The van der Waals surface area contributed by atoms with Crippen molar-refractivity contribution in [2.24, 2.45) is 0 Å². The van der Waals surface area contributed by atoms with Gasteiger partial charge in [0, 0.05) is 11.1 Å². The normalized spacial score (nSPS) is 11.8. The Bertz CT molecular complexity index is 3250. The van der Waals surface area contributed by atoms with Crippen molar-refractivity contribution in [3.8, 4) is 27.9 Å². The van der Waals surface area contributed by atoms with Gasteiger partial charge in [0.2, 0.25) is 0 Å². The van der Waals surface area contributed by atoms with Crippen molar-refractivity contribution >= 4 is 81.4 Å². The fraction of sp³-hybridized carbons (Fsp3) is 0. The van der Waals surface area contributed by atoms with Gasteiger partial charge in [0.1, 0.15) is 0 Å². The van der Waals surface area contributed by atoms with Gasteiger partial charge in [0.15, 0.2) is 5.69 Å². The smallest absolute Gasteiger partial charge is 0.188 e. The summed E-state index contributed by atoms with van der Waals surface area (Å²) in [5.74, 6) is 0. The van der Waals surface area contributed by atoms with E-state index in [4.69, 9.17) is 6.57 Å². The van der Waals surface area contributed by atoms with Crippen LogP contribution in [0.4, 0.5) is 5.69 Å². The SMILES string of the molecule is [C-]#[N+]c1ccc2c(c1)c1cc(-c3c4ccccc4c(-c4c5ccccc5cc5ccccc45)c4ccccc34)ccc1n2-c1ccc2ccccc2c1. The molecular formula is C51H30N2. The molecule has 244 valence electrons. The van der Waals surface area contributed by atoms with E-state index in [0.717, 1.165) is 33.1 Å². The zero-order valence-electron chi connectivity index (χ0n) is 28.7. The van der Waals surface area contributed by atoms with Gasteiger partial charge in [-0.25, -0.2) is 4.85 Å². The van der Waals surface area contributed by atoms with E-state index >= 15 is 0 Å². The van der Waals surface area contributed by atoms with Crippen molar-refractivity contribution in [3.63, 3.8) is 0 Å². The summed E-state index contributed by atoms with van der Waals surface area (Å²) in [6.45, 7) is 7.86. The minimum Gasteiger partial charge on any atom is -0.309 e. The summed E-state index contributed by atoms with van der Waals surface area (Å²) >= 11 is 0. The third-order valence-electron chi connectivity index (χ3n) is 11.1. The highest BCUT2D eigenvalue weighted by Gasteiger charge is 2.21. The van der Waals surface area contributed by atoms with Crippen LogP contribution in [-0.4, -0.2) is 4.57 Å². The molecule has 0 bridgehead atoms. The Balaban J connectivity index is 1.24. The maximum atomic E-state index is 7.86. The van der Waals surface area contributed by atoms with Gasteiger partial charge in [0.05, 0.1) is 17.6 Å². The lowest BCUT2D eigenvalue weighted by Crippen LogP contribution is -1.94. The van der Waals surface area contributed by atoms with E-state index in [2.05, 4.69) is 185 Å². The van der Waals surface area contributed by atoms with Crippen LogP contribution in [0.2, 0.25) is 0 Å². The molecule has 0 aliphatic rings. The molecule has 0 amide bonds. The summed E-state index contributed by atoms with van der Waals surface area (Å²) in [6, 6.07) is 65.9. The molecule has 53 heavy (non-hydrogen) atoms. The van der Waals surface area contributed by atoms with E-state index in [0.29, 0.717) is 5.69 Å². The van der Waals surface area contributed by atoms with Crippen LogP contribution in [0.25, 0.3) is 108 Å². The third-order valence-corrected chi connectivity index (χ3v) is 11.1. The topological polar surface area (TPSA) is 9.29 Å². The number of hydrogen-bond donors (Lipinski definition) is 0. The maximum Gasteiger partial charge on any atom is 0.188 e. The van der Waals surface area contributed by atoms with E-state index in [1.807, 2.05) is 6.07 Å². The first-order chi connectivity index (χ1) is 26.2. The van der Waals surface area contributed by atoms with E-state index < -0.39 is 0 Å². The number of fused-ring (bicyclic) bond motifs is 8. The van der Waals surface area contributed by atoms with Crippen LogP contribution >= 0.6 is 0 Å². The van der Waals surface area contributed by atoms with Crippen LogP contribution in [-0.2, 0) is 0 Å². The number of aromatic nitrogens is 1. The molecular weight excluding hydrogens is 641 g/mol. The summed E-state index contributed by atoms with van der Waals surface area (Å²) in [5.41, 5.74) is 8.88. The van der Waals surface area contributed by atoms with Gasteiger partial charge in [-0.2, -0.15) is 0 Å². The number of rotatable bonds is 3. The molecule has 0 atom stereocenters. The second-order valence-electron chi connectivity index (χ2n) is 13.9. The molecule has 10 aromatic carbocycles. The fourth-order valence-electron chi connectivity index (χ4n) is 8.82. The summed E-state index contributed by atoms with van der Waals surface area (Å²) in [7, 11) is 0. The molecule has 2 nitrogen and oxygen atoms in total. The lowest BCUT2D eigenvalue weighted by atomic mass is 9.83. The maximum absolute atomic E-state index is 7.86. The molecule has 1 aromatic heterocycles. The zero-order chi connectivity index (χ0) is 35.0. The van der Waals surface area contributed by atoms with Crippen molar-refractivity contribution in [1.29, 1.82) is 0 Å². The number of nitrogens with zero attached hydrogens (tertiary/aromatic N) is 2. The average Bonchev–Trinajstić information content (AvgIpc) is 3.54. The molecule has 0 aliphatic heterocycles. The van der Waals surface area contributed by atoms with Crippen LogP contribution < -0.4 is 0 Å². The summed E-state index contributed by atoms with van der Waals surface area (Å²) < 4.78 is 2.35. The first-order valence-corrected chi connectivity index (χ1v) is 18.0. The van der Waals surface area contributed by atoms with Crippen molar-refractivity contribution in [3.05, 3.63) is 193 Å². The lowest BCUT2D eigenvalue weighted by molar-refractivity contribution is 1.19. The van der Waals surface area contributed by atoms with Crippen LogP contribution in [0.3, 0.4) is 0 Å². The minimum atomic E-state index is 0.642. The monoisotopic (exact) mass is 670 g/mol. The highest BCUT2D eigenvalue weighted by Crippen LogP contribution is 2.48. The molecule has 0 spiro atoms. The van der Waals surface area contributed by atoms with Crippen molar-refractivity contribution in [2.75, 3.05) is 0 Å². The van der Waals surface area contributed by atoms with Crippen molar-refractivity contribution in [2.45, 2.75) is 0 Å². The number of hydrogen-bond acceptors (Lipinski definition) is 0. The molecule has 11 rings (SSSR count). The number of benzene rings is 10. The van der Waals surface area contributed by atoms with E-state index in [1.165, 1.54) is 70.6 Å². The van der Waals surface area contributed by atoms with Gasteiger partial charge in [0.25, 0.3) is 0 Å². The van der Waals surface area contributed by atoms with Crippen LogP contribution in [0.1, 0.15) is 0 Å². The summed E-state index contributed by atoms with van der Waals surface area (Å²) in [4.78, 5) is 3.84. The van der Waals surface area contributed by atoms with Gasteiger partial charge in [-0.05, 0) is 124 Å². The third kappa shape index (κ3) is 4.38. The van der Waals surface area contributed by atoms with Gasteiger partial charge < -0.3 is 4.57 Å². The molecule has 1 heterocycles. The van der Waals surface area contributed by atoms with E-state index in [-0.39, 0.29) is 0 Å². The summed E-state index contributed by atoms with van der Waals surface area (Å²) in [5, 5.41) is 14.5. The molecule has 0 fully saturated rings. The molecule has 0 saturated carbocycles. The fourth-order valence-corrected chi connectivity index (χ4v) is 8.82. The Morgan fingerprint density at radius 2 is 0.830 bits per heavy atom. The standard InChI is InChI=1S/C51H30N2/c1-52-37-24-27-48-46(31-37)45-30-36(23-26-47(45)53(48)38-25-22-32-12-2-3-13-33(32)29-38)49-41-18-8-10-20-43(41)51(44-21-11-9-19-42(44)49)50-39-16-6-4-14-34(39)28-35-15-5-7-17-40(35)50/h2-31H. The summed E-state index contributed by atoms with van der Waals surface area (Å²) in [6.07, 6.45) is 0. The zero-order valence-corrected chi connectivity index (χ0v) is 28.7. The van der Waals surface area contributed by atoms with Crippen LogP contribution in [0, 0.1) is 6.57 Å². The Morgan fingerprint density at radius 1 is 0.340 bits per heavy atom. The Kier molecular flexibility index (Phi) is 6.35. The molecule has 0 radical (unpaired) electrons. The highest BCUT2D eigenvalue weighted by atomic mass is 15.0. The van der Waals surface area contributed by atoms with Gasteiger partial charge >= 0.3 is 0 Å². The second kappa shape index (κ2) is 11.4. The lowest BCUT2D eigenvalue weighted by Gasteiger charge is -2.20. The minimum absolute atomic E-state index is 0.642. The highest BCUT2D eigenvalue weighted by molar-refractivity contribution is 6.27.